The molecule has 0 radical (unpaired) electrons. The number of aryl methyl sites for hydroxylation is 1. The Labute approximate surface area is 180 Å². The minimum Gasteiger partial charge on any atom is -0.315 e. The molecule has 0 bridgehead atoms. The smallest absolute Gasteiger partial charge is 0.229 e. The zero-order valence-electron chi connectivity index (χ0n) is 17.4. The number of para-hydroxylation sites is 1. The van der Waals surface area contributed by atoms with Gasteiger partial charge in [0.15, 0.2) is 18.2 Å². The molecule has 0 aliphatic rings. The largest absolute Gasteiger partial charge is 0.315 e. The molecule has 0 atom stereocenters. The first-order chi connectivity index (χ1) is 15.0. The predicted octanol–water partition coefficient (Wildman–Crippen LogP) is 4.63. The summed E-state index contributed by atoms with van der Waals surface area (Å²) in [6, 6.07) is 20.8. The molecule has 31 heavy (non-hydrogen) atoms. The number of hydrogen-bond donors (Lipinski definition) is 0. The van der Waals surface area contributed by atoms with Crippen LogP contribution in [0.25, 0.3) is 5.69 Å². The Morgan fingerprint density at radius 3 is 2.16 bits per heavy atom. The number of aromatic nitrogens is 2. The molecule has 0 N–H and O–H groups in total. The van der Waals surface area contributed by atoms with E-state index in [-0.39, 0.29) is 23.9 Å². The Hall–Kier alpha value is -3.86. The maximum Gasteiger partial charge on any atom is 0.229 e. The van der Waals surface area contributed by atoms with Gasteiger partial charge in [-0.25, -0.2) is 4.39 Å². The average molecular weight is 413 g/mol. The monoisotopic (exact) mass is 413 g/mol. The SMILES string of the molecule is Cc1cc(C(=O)C[n+]2ccc(C(=O)c3ccccc3)cc2)c(C)n1-c1ccccc1F. The van der Waals surface area contributed by atoms with E-state index in [4.69, 9.17) is 0 Å². The first-order valence-corrected chi connectivity index (χ1v) is 10.0. The molecule has 0 aliphatic heterocycles. The van der Waals surface area contributed by atoms with Crippen molar-refractivity contribution in [3.8, 4) is 5.69 Å². The van der Waals surface area contributed by atoms with Gasteiger partial charge in [0, 0.05) is 40.2 Å². The van der Waals surface area contributed by atoms with Crippen LogP contribution in [0.15, 0.2) is 85.2 Å². The molecule has 5 heteroatoms. The maximum atomic E-state index is 14.3. The number of nitrogens with zero attached hydrogens (tertiary/aromatic N) is 2. The third kappa shape index (κ3) is 4.08. The minimum atomic E-state index is -0.337. The fraction of sp³-hybridized carbons (Fsp3) is 0.115. The molecule has 4 aromatic rings. The van der Waals surface area contributed by atoms with Crippen molar-refractivity contribution in [2.24, 2.45) is 0 Å². The Morgan fingerprint density at radius 1 is 0.871 bits per heavy atom. The number of Topliss-reactive ketones (excluding diaryl/α,β-unsaturated/α-hetero) is 1. The van der Waals surface area contributed by atoms with Crippen LogP contribution in [0.1, 0.15) is 37.7 Å². The van der Waals surface area contributed by atoms with Crippen LogP contribution in [-0.4, -0.2) is 16.1 Å². The highest BCUT2D eigenvalue weighted by Crippen LogP contribution is 2.23. The van der Waals surface area contributed by atoms with E-state index >= 15 is 0 Å². The van der Waals surface area contributed by atoms with Crippen molar-refractivity contribution < 1.29 is 18.5 Å². The summed E-state index contributed by atoms with van der Waals surface area (Å²) in [6.45, 7) is 3.80. The molecule has 0 unspecified atom stereocenters. The van der Waals surface area contributed by atoms with E-state index in [1.165, 1.54) is 6.07 Å². The van der Waals surface area contributed by atoms with Gasteiger partial charge in [-0.15, -0.1) is 0 Å². The third-order valence-corrected chi connectivity index (χ3v) is 5.34. The number of ketones is 2. The zero-order valence-corrected chi connectivity index (χ0v) is 17.4. The lowest BCUT2D eigenvalue weighted by molar-refractivity contribution is -0.683. The summed E-state index contributed by atoms with van der Waals surface area (Å²) >= 11 is 0. The van der Waals surface area contributed by atoms with E-state index in [1.54, 1.807) is 70.1 Å². The van der Waals surface area contributed by atoms with E-state index in [1.807, 2.05) is 32.0 Å². The number of pyridine rings is 1. The van der Waals surface area contributed by atoms with Crippen molar-refractivity contribution in [2.75, 3.05) is 0 Å². The predicted molar refractivity (Wildman–Crippen MR) is 116 cm³/mol. The summed E-state index contributed by atoms with van der Waals surface area (Å²) in [4.78, 5) is 25.5. The molecular formula is C26H22FN2O2+. The average Bonchev–Trinajstić information content (AvgIpc) is 3.09. The van der Waals surface area contributed by atoms with Crippen molar-refractivity contribution in [2.45, 2.75) is 20.4 Å². The lowest BCUT2D eigenvalue weighted by Crippen LogP contribution is -2.37. The van der Waals surface area contributed by atoms with Crippen LogP contribution >= 0.6 is 0 Å². The third-order valence-electron chi connectivity index (χ3n) is 5.34. The number of rotatable bonds is 6. The number of benzene rings is 2. The van der Waals surface area contributed by atoms with Gasteiger partial charge in [0.2, 0.25) is 12.3 Å². The van der Waals surface area contributed by atoms with E-state index < -0.39 is 0 Å². The second kappa shape index (κ2) is 8.48. The molecule has 0 aliphatic carbocycles. The van der Waals surface area contributed by atoms with E-state index in [0.29, 0.717) is 28.1 Å². The summed E-state index contributed by atoms with van der Waals surface area (Å²) < 4.78 is 17.8. The van der Waals surface area contributed by atoms with Gasteiger partial charge in [-0.2, -0.15) is 4.57 Å². The molecule has 2 heterocycles. The number of carbonyl (C=O) groups excluding carboxylic acids is 2. The fourth-order valence-corrected chi connectivity index (χ4v) is 3.77. The van der Waals surface area contributed by atoms with Gasteiger partial charge in [-0.05, 0) is 32.0 Å². The van der Waals surface area contributed by atoms with Crippen molar-refractivity contribution >= 4 is 11.6 Å². The number of halogens is 1. The van der Waals surface area contributed by atoms with Crippen LogP contribution < -0.4 is 4.57 Å². The molecule has 2 aromatic carbocycles. The lowest BCUT2D eigenvalue weighted by Gasteiger charge is -2.10. The van der Waals surface area contributed by atoms with E-state index in [9.17, 15) is 14.0 Å². The van der Waals surface area contributed by atoms with E-state index in [0.717, 1.165) is 5.69 Å². The zero-order chi connectivity index (χ0) is 22.0. The molecule has 0 spiro atoms. The van der Waals surface area contributed by atoms with Crippen LogP contribution in [-0.2, 0) is 6.54 Å². The molecule has 0 saturated carbocycles. The molecule has 0 fully saturated rings. The molecule has 154 valence electrons. The van der Waals surface area contributed by atoms with Gasteiger partial charge in [0.1, 0.15) is 5.82 Å². The Bertz CT molecular complexity index is 1260. The summed E-state index contributed by atoms with van der Waals surface area (Å²) in [6.07, 6.45) is 3.45. The number of hydrogen-bond acceptors (Lipinski definition) is 2. The van der Waals surface area contributed by atoms with Crippen molar-refractivity contribution in [1.29, 1.82) is 0 Å². The Kier molecular flexibility index (Phi) is 5.58. The van der Waals surface area contributed by atoms with Crippen molar-refractivity contribution in [1.82, 2.24) is 4.57 Å². The molecular weight excluding hydrogens is 391 g/mol. The molecule has 0 amide bonds. The highest BCUT2D eigenvalue weighted by atomic mass is 19.1. The van der Waals surface area contributed by atoms with Crippen LogP contribution in [0.2, 0.25) is 0 Å². The van der Waals surface area contributed by atoms with Crippen LogP contribution in [0.4, 0.5) is 4.39 Å². The quantitative estimate of drug-likeness (QED) is 0.342. The second-order valence-electron chi connectivity index (χ2n) is 7.45. The van der Waals surface area contributed by atoms with Gasteiger partial charge in [-0.1, -0.05) is 42.5 Å². The second-order valence-corrected chi connectivity index (χ2v) is 7.45. The standard InChI is InChI=1S/C26H22FN2O2/c1-18-16-22(19(2)29(18)24-11-7-6-10-23(24)27)25(30)17-28-14-12-21(13-15-28)26(31)20-8-4-3-5-9-20/h3-16H,17H2,1-2H3/q+1. The molecule has 4 rings (SSSR count). The summed E-state index contributed by atoms with van der Waals surface area (Å²) in [5.74, 6) is -0.480. The molecule has 4 nitrogen and oxygen atoms in total. The van der Waals surface area contributed by atoms with E-state index in [2.05, 4.69) is 0 Å². The van der Waals surface area contributed by atoms with Gasteiger partial charge >= 0.3 is 0 Å². The maximum absolute atomic E-state index is 14.3. The van der Waals surface area contributed by atoms with Crippen molar-refractivity contribution in [3.05, 3.63) is 119 Å². The highest BCUT2D eigenvalue weighted by Gasteiger charge is 2.21. The molecule has 0 saturated heterocycles. The first kappa shape index (κ1) is 20.4. The van der Waals surface area contributed by atoms with Gasteiger partial charge in [-0.3, -0.25) is 9.59 Å². The Balaban J connectivity index is 1.55. The van der Waals surface area contributed by atoms with Gasteiger partial charge in [0.05, 0.1) is 5.69 Å². The van der Waals surface area contributed by atoms with Crippen LogP contribution in [0.5, 0.6) is 0 Å². The lowest BCUT2D eigenvalue weighted by atomic mass is 10.0. The molecule has 2 aromatic heterocycles. The normalized spacial score (nSPS) is 10.8. The summed E-state index contributed by atoms with van der Waals surface area (Å²) in [5, 5.41) is 0. The first-order valence-electron chi connectivity index (χ1n) is 10.0. The van der Waals surface area contributed by atoms with Crippen LogP contribution in [0.3, 0.4) is 0 Å². The highest BCUT2D eigenvalue weighted by molar-refractivity contribution is 6.08. The summed E-state index contributed by atoms with van der Waals surface area (Å²) in [7, 11) is 0. The van der Waals surface area contributed by atoms with Crippen LogP contribution in [0, 0.1) is 19.7 Å². The Morgan fingerprint density at radius 2 is 1.48 bits per heavy atom. The van der Waals surface area contributed by atoms with Gasteiger partial charge < -0.3 is 4.57 Å². The summed E-state index contributed by atoms with van der Waals surface area (Å²) in [5.41, 5.74) is 3.65. The number of carbonyl (C=O) groups is 2. The fourth-order valence-electron chi connectivity index (χ4n) is 3.77. The van der Waals surface area contributed by atoms with Crippen molar-refractivity contribution in [3.63, 3.8) is 0 Å². The minimum absolute atomic E-state index is 0.0625. The van der Waals surface area contributed by atoms with Gasteiger partial charge in [0.25, 0.3) is 0 Å². The topological polar surface area (TPSA) is 42.9 Å².